The lowest BCUT2D eigenvalue weighted by molar-refractivity contribution is 0.148. The number of aromatic amines is 1. The van der Waals surface area contributed by atoms with E-state index >= 15 is 0 Å². The molecule has 3 aromatic rings. The van der Waals surface area contributed by atoms with E-state index in [1.165, 1.54) is 22.3 Å². The van der Waals surface area contributed by atoms with Crippen LogP contribution in [0.3, 0.4) is 0 Å². The first-order chi connectivity index (χ1) is 12.1. The van der Waals surface area contributed by atoms with Crippen LogP contribution < -0.4 is 0 Å². The van der Waals surface area contributed by atoms with Gasteiger partial charge in [0.1, 0.15) is 5.82 Å². The molecule has 1 N–H and O–H groups in total. The zero-order valence-corrected chi connectivity index (χ0v) is 15.3. The van der Waals surface area contributed by atoms with Crippen molar-refractivity contribution in [1.29, 1.82) is 0 Å². The van der Waals surface area contributed by atoms with Crippen LogP contribution in [0.15, 0.2) is 36.4 Å². The third-order valence-corrected chi connectivity index (χ3v) is 5.29. The van der Waals surface area contributed by atoms with Gasteiger partial charge in [0.15, 0.2) is 0 Å². The number of aryl methyl sites for hydroxylation is 1. The first kappa shape index (κ1) is 16.3. The van der Waals surface area contributed by atoms with Crippen molar-refractivity contribution in [3.05, 3.63) is 53.1 Å². The molecule has 2 aromatic carbocycles. The van der Waals surface area contributed by atoms with Crippen molar-refractivity contribution < 1.29 is 0 Å². The molecule has 0 atom stereocenters. The Morgan fingerprint density at radius 1 is 1.04 bits per heavy atom. The van der Waals surface area contributed by atoms with E-state index in [-0.39, 0.29) is 0 Å². The van der Waals surface area contributed by atoms with Gasteiger partial charge in [-0.05, 0) is 50.2 Å². The van der Waals surface area contributed by atoms with Crippen LogP contribution in [0.1, 0.15) is 16.7 Å². The molecule has 0 spiro atoms. The molecule has 0 amide bonds. The van der Waals surface area contributed by atoms with E-state index in [0.29, 0.717) is 0 Å². The summed E-state index contributed by atoms with van der Waals surface area (Å²) in [6.07, 6.45) is 0. The predicted octanol–water partition coefficient (Wildman–Crippen LogP) is 3.59. The fourth-order valence-electron chi connectivity index (χ4n) is 3.67. The molecule has 4 heteroatoms. The summed E-state index contributed by atoms with van der Waals surface area (Å²) in [5, 5.41) is 0. The van der Waals surface area contributed by atoms with Crippen LogP contribution in [0, 0.1) is 13.8 Å². The summed E-state index contributed by atoms with van der Waals surface area (Å²) >= 11 is 0. The SMILES string of the molecule is Cc1cc(CN2CCN(C)CC2)c(C)c(-c2nc3ccccc3[nH]2)c1. The zero-order valence-electron chi connectivity index (χ0n) is 15.3. The van der Waals surface area contributed by atoms with E-state index < -0.39 is 0 Å². The lowest BCUT2D eigenvalue weighted by atomic mass is 9.98. The molecule has 25 heavy (non-hydrogen) atoms. The Morgan fingerprint density at radius 3 is 2.56 bits per heavy atom. The van der Waals surface area contributed by atoms with Crippen molar-refractivity contribution in [3.63, 3.8) is 0 Å². The molecule has 130 valence electrons. The number of fused-ring (bicyclic) bond motifs is 1. The van der Waals surface area contributed by atoms with Crippen molar-refractivity contribution in [2.45, 2.75) is 20.4 Å². The highest BCUT2D eigenvalue weighted by Crippen LogP contribution is 2.28. The third-order valence-electron chi connectivity index (χ3n) is 5.29. The summed E-state index contributed by atoms with van der Waals surface area (Å²) in [6.45, 7) is 10.0. The van der Waals surface area contributed by atoms with Crippen molar-refractivity contribution in [2.24, 2.45) is 0 Å². The summed E-state index contributed by atoms with van der Waals surface area (Å²) in [6, 6.07) is 12.8. The van der Waals surface area contributed by atoms with Crippen LogP contribution in [-0.2, 0) is 6.54 Å². The molecule has 0 saturated carbocycles. The van der Waals surface area contributed by atoms with E-state index in [1.807, 2.05) is 12.1 Å². The Labute approximate surface area is 149 Å². The van der Waals surface area contributed by atoms with E-state index in [2.05, 4.69) is 59.9 Å². The highest BCUT2D eigenvalue weighted by molar-refractivity contribution is 5.80. The van der Waals surface area contributed by atoms with Crippen molar-refractivity contribution >= 4 is 11.0 Å². The second kappa shape index (κ2) is 6.62. The maximum absolute atomic E-state index is 4.81. The van der Waals surface area contributed by atoms with Crippen LogP contribution in [0.2, 0.25) is 0 Å². The molecule has 1 aliphatic heterocycles. The second-order valence-corrected chi connectivity index (χ2v) is 7.28. The number of piperazine rings is 1. The van der Waals surface area contributed by atoms with Crippen LogP contribution >= 0.6 is 0 Å². The molecular formula is C21H26N4. The highest BCUT2D eigenvalue weighted by Gasteiger charge is 2.17. The fraction of sp³-hybridized carbons (Fsp3) is 0.381. The van der Waals surface area contributed by atoms with Gasteiger partial charge in [0.2, 0.25) is 0 Å². The quantitative estimate of drug-likeness (QED) is 0.795. The number of aromatic nitrogens is 2. The standard InChI is InChI=1S/C21H26N4/c1-15-12-17(14-25-10-8-24(3)9-11-25)16(2)18(13-15)21-22-19-6-4-5-7-20(19)23-21/h4-7,12-13H,8-11,14H2,1-3H3,(H,22,23). The van der Waals surface area contributed by atoms with Gasteiger partial charge in [-0.1, -0.05) is 23.8 Å². The minimum absolute atomic E-state index is 0.974. The fourth-order valence-corrected chi connectivity index (χ4v) is 3.67. The monoisotopic (exact) mass is 334 g/mol. The Bertz CT molecular complexity index is 855. The van der Waals surface area contributed by atoms with Gasteiger partial charge in [-0.2, -0.15) is 0 Å². The minimum Gasteiger partial charge on any atom is -0.338 e. The Kier molecular flexibility index (Phi) is 4.32. The van der Waals surface area contributed by atoms with Crippen molar-refractivity contribution in [3.8, 4) is 11.4 Å². The van der Waals surface area contributed by atoms with Gasteiger partial charge >= 0.3 is 0 Å². The summed E-state index contributed by atoms with van der Waals surface area (Å²) in [5.41, 5.74) is 7.40. The van der Waals surface area contributed by atoms with Crippen molar-refractivity contribution in [2.75, 3.05) is 33.2 Å². The Morgan fingerprint density at radius 2 is 1.80 bits per heavy atom. The van der Waals surface area contributed by atoms with Gasteiger partial charge in [-0.15, -0.1) is 0 Å². The number of benzene rings is 2. The zero-order chi connectivity index (χ0) is 17.4. The summed E-state index contributed by atoms with van der Waals surface area (Å²) in [5.74, 6) is 0.974. The average Bonchev–Trinajstić information content (AvgIpc) is 3.03. The van der Waals surface area contributed by atoms with Gasteiger partial charge in [0.25, 0.3) is 0 Å². The maximum atomic E-state index is 4.81. The number of nitrogens with one attached hydrogen (secondary N) is 1. The van der Waals surface area contributed by atoms with E-state index in [9.17, 15) is 0 Å². The molecule has 1 aromatic heterocycles. The number of nitrogens with zero attached hydrogens (tertiary/aromatic N) is 3. The van der Waals surface area contributed by atoms with Crippen LogP contribution in [0.4, 0.5) is 0 Å². The van der Waals surface area contributed by atoms with Gasteiger partial charge in [-0.25, -0.2) is 4.98 Å². The molecule has 0 aliphatic carbocycles. The minimum atomic E-state index is 0.974. The number of imidazole rings is 1. The lowest BCUT2D eigenvalue weighted by Gasteiger charge is -2.32. The Balaban J connectivity index is 1.68. The number of likely N-dealkylation sites (N-methyl/N-ethyl adjacent to an activating group) is 1. The smallest absolute Gasteiger partial charge is 0.138 e. The van der Waals surface area contributed by atoms with Gasteiger partial charge in [-0.3, -0.25) is 4.90 Å². The molecule has 2 heterocycles. The number of rotatable bonds is 3. The third kappa shape index (κ3) is 3.32. The van der Waals surface area contributed by atoms with Crippen LogP contribution in [0.5, 0.6) is 0 Å². The van der Waals surface area contributed by atoms with Gasteiger partial charge in [0.05, 0.1) is 11.0 Å². The largest absolute Gasteiger partial charge is 0.338 e. The second-order valence-electron chi connectivity index (χ2n) is 7.28. The normalized spacial score (nSPS) is 16.6. The van der Waals surface area contributed by atoms with Crippen LogP contribution in [0.25, 0.3) is 22.4 Å². The Hall–Kier alpha value is -2.17. The predicted molar refractivity (Wildman–Crippen MR) is 104 cm³/mol. The molecule has 0 unspecified atom stereocenters. The molecule has 0 radical (unpaired) electrons. The van der Waals surface area contributed by atoms with Crippen LogP contribution in [-0.4, -0.2) is 53.0 Å². The molecule has 1 aliphatic rings. The van der Waals surface area contributed by atoms with E-state index in [0.717, 1.165) is 49.6 Å². The lowest BCUT2D eigenvalue weighted by Crippen LogP contribution is -2.44. The van der Waals surface area contributed by atoms with Crippen molar-refractivity contribution in [1.82, 2.24) is 19.8 Å². The summed E-state index contributed by atoms with van der Waals surface area (Å²) < 4.78 is 0. The molecule has 1 saturated heterocycles. The highest BCUT2D eigenvalue weighted by atomic mass is 15.2. The van der Waals surface area contributed by atoms with Gasteiger partial charge in [0, 0.05) is 38.3 Å². The average molecular weight is 334 g/mol. The first-order valence-corrected chi connectivity index (χ1v) is 9.06. The van der Waals surface area contributed by atoms with Gasteiger partial charge < -0.3 is 9.88 Å². The molecule has 4 rings (SSSR count). The number of hydrogen-bond acceptors (Lipinski definition) is 3. The topological polar surface area (TPSA) is 35.2 Å². The van der Waals surface area contributed by atoms with E-state index in [4.69, 9.17) is 4.98 Å². The molecule has 4 nitrogen and oxygen atoms in total. The number of hydrogen-bond donors (Lipinski definition) is 1. The summed E-state index contributed by atoms with van der Waals surface area (Å²) in [7, 11) is 2.20. The number of para-hydroxylation sites is 2. The van der Waals surface area contributed by atoms with E-state index in [1.54, 1.807) is 0 Å². The molecule has 0 bridgehead atoms. The maximum Gasteiger partial charge on any atom is 0.138 e. The number of H-pyrrole nitrogens is 1. The summed E-state index contributed by atoms with van der Waals surface area (Å²) in [4.78, 5) is 13.3. The first-order valence-electron chi connectivity index (χ1n) is 9.06. The molecular weight excluding hydrogens is 308 g/mol. The molecule has 1 fully saturated rings.